The minimum atomic E-state index is -0.869. The van der Waals surface area contributed by atoms with Crippen LogP contribution in [0, 0.1) is 5.92 Å². The van der Waals surface area contributed by atoms with E-state index in [-0.39, 0.29) is 12.3 Å². The van der Waals surface area contributed by atoms with Gasteiger partial charge >= 0.3 is 11.9 Å². The molecule has 0 aliphatic carbocycles. The van der Waals surface area contributed by atoms with Gasteiger partial charge in [-0.05, 0) is 45.1 Å². The van der Waals surface area contributed by atoms with Gasteiger partial charge in [0.2, 0.25) is 0 Å². The number of unbranched alkanes of at least 4 members (excludes halogenated alkanes) is 5. The summed E-state index contributed by atoms with van der Waals surface area (Å²) in [5.41, 5.74) is -0.791. The molecule has 0 saturated carbocycles. The Bertz CT molecular complexity index is 398. The molecule has 0 aliphatic heterocycles. The number of carbonyl (C=O) groups is 2. The van der Waals surface area contributed by atoms with Crippen molar-refractivity contribution in [2.75, 3.05) is 6.54 Å². The van der Waals surface area contributed by atoms with Crippen molar-refractivity contribution in [3.8, 4) is 0 Å². The number of carboxylic acid groups (broad SMARTS) is 2. The van der Waals surface area contributed by atoms with Crippen LogP contribution < -0.4 is 5.32 Å². The van der Waals surface area contributed by atoms with Gasteiger partial charge in [-0.3, -0.25) is 9.59 Å². The summed E-state index contributed by atoms with van der Waals surface area (Å²) in [6.45, 7) is 6.52. The van der Waals surface area contributed by atoms with Crippen molar-refractivity contribution in [2.45, 2.75) is 103 Å². The number of hydrogen-bond acceptors (Lipinski definition) is 4. The van der Waals surface area contributed by atoms with Gasteiger partial charge in [-0.1, -0.05) is 52.4 Å². The Balaban J connectivity index is 4.07. The van der Waals surface area contributed by atoms with Crippen LogP contribution in [0.4, 0.5) is 0 Å². The molecule has 0 aromatic rings. The third-order valence-electron chi connectivity index (χ3n) is 5.26. The van der Waals surface area contributed by atoms with Gasteiger partial charge in [0.15, 0.2) is 0 Å². The van der Waals surface area contributed by atoms with E-state index in [9.17, 15) is 19.8 Å². The maximum absolute atomic E-state index is 11.4. The molecule has 0 aromatic carbocycles. The standard InChI is InChI=1S/C20H39NO5/c1-4-5-8-11-16(2)20(3,26)14-15-21-17(19(24)25)12-9-6-7-10-13-18(22)23/h16-17,21,26H,4-15H2,1-3H3,(H,22,23)(H,24,25). The van der Waals surface area contributed by atoms with E-state index in [1.807, 2.05) is 6.92 Å². The lowest BCUT2D eigenvalue weighted by Gasteiger charge is -2.31. The first-order valence-electron chi connectivity index (χ1n) is 10.1. The molecule has 26 heavy (non-hydrogen) atoms. The lowest BCUT2D eigenvalue weighted by Crippen LogP contribution is -2.42. The lowest BCUT2D eigenvalue weighted by atomic mass is 9.84. The molecule has 0 aromatic heterocycles. The molecule has 3 unspecified atom stereocenters. The average Bonchev–Trinajstić information content (AvgIpc) is 2.55. The Morgan fingerprint density at radius 2 is 1.62 bits per heavy atom. The van der Waals surface area contributed by atoms with E-state index in [1.54, 1.807) is 0 Å². The van der Waals surface area contributed by atoms with Crippen LogP contribution >= 0.6 is 0 Å². The summed E-state index contributed by atoms with van der Waals surface area (Å²) in [7, 11) is 0. The number of rotatable bonds is 17. The number of aliphatic hydroxyl groups is 1. The van der Waals surface area contributed by atoms with Gasteiger partial charge in [-0.25, -0.2) is 0 Å². The second-order valence-corrected chi connectivity index (χ2v) is 7.70. The minimum absolute atomic E-state index is 0.173. The summed E-state index contributed by atoms with van der Waals surface area (Å²) in [4.78, 5) is 21.8. The summed E-state index contributed by atoms with van der Waals surface area (Å²) in [6.07, 6.45) is 8.70. The zero-order chi connectivity index (χ0) is 20.0. The van der Waals surface area contributed by atoms with E-state index in [0.29, 0.717) is 25.8 Å². The predicted octanol–water partition coefficient (Wildman–Crippen LogP) is 3.81. The third-order valence-corrected chi connectivity index (χ3v) is 5.26. The van der Waals surface area contributed by atoms with Crippen molar-refractivity contribution in [3.05, 3.63) is 0 Å². The Morgan fingerprint density at radius 3 is 2.19 bits per heavy atom. The Kier molecular flexibility index (Phi) is 13.4. The lowest BCUT2D eigenvalue weighted by molar-refractivity contribution is -0.140. The molecule has 0 aliphatic rings. The average molecular weight is 374 g/mol. The molecule has 6 heteroatoms. The fourth-order valence-electron chi connectivity index (χ4n) is 3.05. The van der Waals surface area contributed by atoms with Gasteiger partial charge in [0, 0.05) is 6.42 Å². The molecule has 154 valence electrons. The van der Waals surface area contributed by atoms with E-state index in [0.717, 1.165) is 38.5 Å². The first-order chi connectivity index (χ1) is 12.2. The highest BCUT2D eigenvalue weighted by atomic mass is 16.4. The van der Waals surface area contributed by atoms with Crippen molar-refractivity contribution in [3.63, 3.8) is 0 Å². The number of hydrogen-bond donors (Lipinski definition) is 4. The number of carboxylic acids is 2. The zero-order valence-electron chi connectivity index (χ0n) is 16.8. The smallest absolute Gasteiger partial charge is 0.320 e. The summed E-state index contributed by atoms with van der Waals surface area (Å²) in [5.74, 6) is -1.47. The van der Waals surface area contributed by atoms with Gasteiger partial charge in [-0.2, -0.15) is 0 Å². The molecular formula is C20H39NO5. The van der Waals surface area contributed by atoms with Crippen LogP contribution in [-0.4, -0.2) is 45.4 Å². The molecule has 0 radical (unpaired) electrons. The van der Waals surface area contributed by atoms with Crippen molar-refractivity contribution in [1.82, 2.24) is 5.32 Å². The van der Waals surface area contributed by atoms with Crippen LogP contribution in [-0.2, 0) is 9.59 Å². The van der Waals surface area contributed by atoms with Gasteiger partial charge in [0.1, 0.15) is 6.04 Å². The van der Waals surface area contributed by atoms with Crippen molar-refractivity contribution in [2.24, 2.45) is 5.92 Å². The highest BCUT2D eigenvalue weighted by Crippen LogP contribution is 2.25. The van der Waals surface area contributed by atoms with Gasteiger partial charge < -0.3 is 20.6 Å². The molecule has 0 heterocycles. The van der Waals surface area contributed by atoms with Crippen LogP contribution in [0.25, 0.3) is 0 Å². The van der Waals surface area contributed by atoms with Crippen molar-refractivity contribution in [1.29, 1.82) is 0 Å². The second-order valence-electron chi connectivity index (χ2n) is 7.70. The molecular weight excluding hydrogens is 334 g/mol. The van der Waals surface area contributed by atoms with E-state index >= 15 is 0 Å². The maximum atomic E-state index is 11.4. The monoisotopic (exact) mass is 373 g/mol. The first kappa shape index (κ1) is 24.9. The Labute approximate surface area is 158 Å². The molecule has 0 rings (SSSR count). The first-order valence-corrected chi connectivity index (χ1v) is 10.1. The van der Waals surface area contributed by atoms with Gasteiger partial charge in [0.05, 0.1) is 5.60 Å². The summed E-state index contributed by atoms with van der Waals surface area (Å²) in [5, 5.41) is 31.6. The highest BCUT2D eigenvalue weighted by molar-refractivity contribution is 5.73. The summed E-state index contributed by atoms with van der Waals surface area (Å²) < 4.78 is 0. The Hall–Kier alpha value is -1.14. The molecule has 3 atom stereocenters. The van der Waals surface area contributed by atoms with E-state index < -0.39 is 23.6 Å². The second kappa shape index (κ2) is 14.0. The van der Waals surface area contributed by atoms with Crippen LogP contribution in [0.15, 0.2) is 0 Å². The fourth-order valence-corrected chi connectivity index (χ4v) is 3.05. The Morgan fingerprint density at radius 1 is 1.00 bits per heavy atom. The van der Waals surface area contributed by atoms with E-state index in [4.69, 9.17) is 5.11 Å². The van der Waals surface area contributed by atoms with Gasteiger partial charge in [-0.15, -0.1) is 0 Å². The summed E-state index contributed by atoms with van der Waals surface area (Å²) in [6, 6.07) is -0.610. The van der Waals surface area contributed by atoms with E-state index in [2.05, 4.69) is 19.2 Å². The maximum Gasteiger partial charge on any atom is 0.320 e. The molecule has 0 bridgehead atoms. The number of nitrogens with one attached hydrogen (secondary N) is 1. The molecule has 4 N–H and O–H groups in total. The summed E-state index contributed by atoms with van der Waals surface area (Å²) >= 11 is 0. The SMILES string of the molecule is CCCCCC(C)C(C)(O)CCNC(CCCCCCC(=O)O)C(=O)O. The van der Waals surface area contributed by atoms with Gasteiger partial charge in [0.25, 0.3) is 0 Å². The zero-order valence-corrected chi connectivity index (χ0v) is 16.8. The van der Waals surface area contributed by atoms with Crippen LogP contribution in [0.5, 0.6) is 0 Å². The van der Waals surface area contributed by atoms with Crippen LogP contribution in [0.1, 0.15) is 91.4 Å². The van der Waals surface area contributed by atoms with Crippen molar-refractivity contribution < 1.29 is 24.9 Å². The molecule has 0 saturated heterocycles. The normalized spacial score (nSPS) is 16.0. The quantitative estimate of drug-likeness (QED) is 0.289. The molecule has 0 amide bonds. The molecule has 0 fully saturated rings. The minimum Gasteiger partial charge on any atom is -0.481 e. The highest BCUT2D eigenvalue weighted by Gasteiger charge is 2.28. The number of aliphatic carboxylic acids is 2. The largest absolute Gasteiger partial charge is 0.481 e. The topological polar surface area (TPSA) is 107 Å². The van der Waals surface area contributed by atoms with Crippen LogP contribution in [0.2, 0.25) is 0 Å². The van der Waals surface area contributed by atoms with E-state index in [1.165, 1.54) is 6.42 Å². The van der Waals surface area contributed by atoms with Crippen LogP contribution in [0.3, 0.4) is 0 Å². The molecule has 6 nitrogen and oxygen atoms in total. The van der Waals surface area contributed by atoms with Crippen molar-refractivity contribution >= 4 is 11.9 Å². The fraction of sp³-hybridized carbons (Fsp3) is 0.900. The third kappa shape index (κ3) is 12.3. The molecule has 0 spiro atoms. The predicted molar refractivity (Wildman–Crippen MR) is 103 cm³/mol.